The van der Waals surface area contributed by atoms with Crippen LogP contribution in [-0.4, -0.2) is 53.5 Å². The van der Waals surface area contributed by atoms with Crippen molar-refractivity contribution in [3.8, 4) is 23.0 Å². The number of nitrogens with zero attached hydrogens (tertiary/aromatic N) is 4. The molecule has 2 atom stereocenters. The van der Waals surface area contributed by atoms with E-state index in [1.807, 2.05) is 79.4 Å². The Morgan fingerprint density at radius 3 is 2.56 bits per heavy atom. The van der Waals surface area contributed by atoms with Crippen molar-refractivity contribution in [2.75, 3.05) is 31.4 Å². The van der Waals surface area contributed by atoms with Gasteiger partial charge in [0.15, 0.2) is 11.0 Å². The van der Waals surface area contributed by atoms with Gasteiger partial charge in [-0.15, -0.1) is 0 Å². The number of anilines is 2. The molecule has 0 radical (unpaired) electrons. The van der Waals surface area contributed by atoms with Gasteiger partial charge in [-0.2, -0.15) is 0 Å². The first-order valence-electron chi connectivity index (χ1n) is 12.8. The standard InChI is InChI=1S/C29H32N6O3S/c1-5-26(28(36)32-25-13-20(9-8-18(25)2)31-21-15-30-16-21)35-10-6-7-24-27(35)34-29(33-24)39-17-19-11-22(37-3)14-23(12-19)38-4/h6-15,21,26,31H,5,16-17H2,1-4H3,(H,32,36). The predicted octanol–water partition coefficient (Wildman–Crippen LogP) is 5.46. The van der Waals surface area contributed by atoms with Crippen LogP contribution >= 0.6 is 11.8 Å². The second-order valence-electron chi connectivity index (χ2n) is 9.35. The number of pyridine rings is 1. The number of thioether (sulfide) groups is 1. The molecule has 2 aromatic rings. The molecule has 3 aliphatic rings. The van der Waals surface area contributed by atoms with Gasteiger partial charge in [0.05, 0.1) is 26.8 Å². The van der Waals surface area contributed by atoms with Crippen LogP contribution in [0.25, 0.3) is 11.5 Å². The Bertz CT molecular complexity index is 1450. The van der Waals surface area contributed by atoms with Gasteiger partial charge in [0, 0.05) is 35.6 Å². The van der Waals surface area contributed by atoms with Gasteiger partial charge in [0.1, 0.15) is 23.2 Å². The number of fused-ring (bicyclic) bond motifs is 1. The zero-order valence-corrected chi connectivity index (χ0v) is 23.3. The summed E-state index contributed by atoms with van der Waals surface area (Å²) in [5, 5.41) is 7.20. The number of aliphatic imine (C=N–C) groups is 1. The molecule has 2 N–H and O–H groups in total. The number of hydrogen-bond acceptors (Lipinski definition) is 8. The zero-order chi connectivity index (χ0) is 27.4. The summed E-state index contributed by atoms with van der Waals surface area (Å²) in [6, 6.07) is 15.4. The maximum absolute atomic E-state index is 13.5. The van der Waals surface area contributed by atoms with Crippen molar-refractivity contribution in [2.24, 2.45) is 4.99 Å². The van der Waals surface area contributed by atoms with Gasteiger partial charge < -0.3 is 24.7 Å². The molecule has 0 aliphatic carbocycles. The van der Waals surface area contributed by atoms with Crippen molar-refractivity contribution >= 4 is 35.3 Å². The van der Waals surface area contributed by atoms with Crippen LogP contribution in [0, 0.1) is 6.92 Å². The molecule has 0 spiro atoms. The van der Waals surface area contributed by atoms with Crippen molar-refractivity contribution in [1.29, 1.82) is 0 Å². The molecule has 0 saturated heterocycles. The van der Waals surface area contributed by atoms with Gasteiger partial charge in [0.25, 0.3) is 0 Å². The lowest BCUT2D eigenvalue weighted by Gasteiger charge is -2.23. The highest BCUT2D eigenvalue weighted by atomic mass is 32.2. The van der Waals surface area contributed by atoms with E-state index >= 15 is 0 Å². The maximum Gasteiger partial charge on any atom is 0.247 e. The van der Waals surface area contributed by atoms with Crippen LogP contribution in [0.1, 0.15) is 30.5 Å². The molecule has 202 valence electrons. The summed E-state index contributed by atoms with van der Waals surface area (Å²) in [5.74, 6) is 2.71. The zero-order valence-electron chi connectivity index (χ0n) is 22.5. The van der Waals surface area contributed by atoms with E-state index < -0.39 is 6.04 Å². The number of hydrogen-bond donors (Lipinski definition) is 2. The number of ether oxygens (including phenoxy) is 2. The number of carbonyl (C=O) groups is 1. The van der Waals surface area contributed by atoms with Crippen LogP contribution in [0.2, 0.25) is 0 Å². The number of nitrogens with one attached hydrogen (secondary N) is 2. The second-order valence-corrected chi connectivity index (χ2v) is 10.3. The number of amides is 1. The largest absolute Gasteiger partial charge is 0.497 e. The molecular formula is C29H32N6O3S. The van der Waals surface area contributed by atoms with Gasteiger partial charge >= 0.3 is 0 Å². The third-order valence-corrected chi connectivity index (χ3v) is 7.55. The Labute approximate surface area is 232 Å². The lowest BCUT2D eigenvalue weighted by Crippen LogP contribution is -2.31. The first kappa shape index (κ1) is 26.6. The number of benzene rings is 2. The summed E-state index contributed by atoms with van der Waals surface area (Å²) in [5.41, 5.74) is 4.52. The van der Waals surface area contributed by atoms with Gasteiger partial charge in [-0.25, -0.2) is 9.97 Å². The molecule has 2 aromatic carbocycles. The maximum atomic E-state index is 13.5. The van der Waals surface area contributed by atoms with E-state index in [9.17, 15) is 4.79 Å². The fourth-order valence-corrected chi connectivity index (χ4v) is 5.19. The third-order valence-electron chi connectivity index (χ3n) is 6.63. The molecule has 5 rings (SSSR count). The minimum absolute atomic E-state index is 0.0962. The number of rotatable bonds is 11. The minimum Gasteiger partial charge on any atom is -0.497 e. The van der Waals surface area contributed by atoms with Crippen LogP contribution in [0.15, 0.2) is 64.9 Å². The summed E-state index contributed by atoms with van der Waals surface area (Å²) in [4.78, 5) is 27.2. The number of imidazole rings is 1. The molecule has 0 bridgehead atoms. The molecule has 0 fully saturated rings. The van der Waals surface area contributed by atoms with Crippen LogP contribution in [0.3, 0.4) is 0 Å². The smallest absolute Gasteiger partial charge is 0.247 e. The monoisotopic (exact) mass is 544 g/mol. The first-order chi connectivity index (χ1) is 19.0. The fraction of sp³-hybridized carbons (Fsp3) is 0.310. The van der Waals surface area contributed by atoms with Gasteiger partial charge in [-0.3, -0.25) is 9.79 Å². The quantitative estimate of drug-likeness (QED) is 0.242. The molecule has 2 unspecified atom stereocenters. The van der Waals surface area contributed by atoms with Crippen LogP contribution in [0.5, 0.6) is 11.5 Å². The Morgan fingerprint density at radius 2 is 1.90 bits per heavy atom. The average Bonchev–Trinajstić information content (AvgIpc) is 3.35. The Balaban J connectivity index is 1.33. The van der Waals surface area contributed by atoms with Crippen molar-refractivity contribution in [2.45, 2.75) is 43.3 Å². The molecule has 10 heteroatoms. The number of aryl methyl sites for hydroxylation is 1. The normalized spacial score (nSPS) is 15.0. The number of aromatic nitrogens is 3. The van der Waals surface area contributed by atoms with E-state index in [0.717, 1.165) is 46.2 Å². The molecular weight excluding hydrogens is 512 g/mol. The lowest BCUT2D eigenvalue weighted by atomic mass is 10.1. The van der Waals surface area contributed by atoms with Gasteiger partial charge in [-0.1, -0.05) is 24.8 Å². The van der Waals surface area contributed by atoms with Gasteiger partial charge in [0.2, 0.25) is 5.91 Å². The van der Waals surface area contributed by atoms with Crippen molar-refractivity contribution in [1.82, 2.24) is 14.5 Å². The topological polar surface area (TPSA) is 103 Å². The van der Waals surface area contributed by atoms with E-state index in [0.29, 0.717) is 23.2 Å². The summed E-state index contributed by atoms with van der Waals surface area (Å²) < 4.78 is 12.7. The summed E-state index contributed by atoms with van der Waals surface area (Å²) >= 11 is 1.53. The Hall–Kier alpha value is -4.05. The molecule has 39 heavy (non-hydrogen) atoms. The van der Waals surface area contributed by atoms with Crippen LogP contribution in [0.4, 0.5) is 11.4 Å². The summed E-state index contributed by atoms with van der Waals surface area (Å²) in [7, 11) is 3.27. The molecule has 0 aromatic heterocycles. The van der Waals surface area contributed by atoms with E-state index in [2.05, 4.69) is 15.6 Å². The second kappa shape index (κ2) is 11.8. The lowest BCUT2D eigenvalue weighted by molar-refractivity contribution is -0.119. The molecule has 1 amide bonds. The van der Waals surface area contributed by atoms with Crippen molar-refractivity contribution < 1.29 is 14.3 Å². The molecule has 3 heterocycles. The minimum atomic E-state index is -0.444. The van der Waals surface area contributed by atoms with Gasteiger partial charge in [-0.05, 0) is 60.9 Å². The average molecular weight is 545 g/mol. The van der Waals surface area contributed by atoms with Crippen LogP contribution in [-0.2, 0) is 10.5 Å². The highest BCUT2D eigenvalue weighted by Crippen LogP contribution is 2.32. The van der Waals surface area contributed by atoms with Crippen molar-refractivity contribution in [3.05, 3.63) is 65.9 Å². The SMILES string of the molecule is CCC(C(=O)Nc1cc(NC2C=NC2)ccc1C)n1cccc2nc(SCc3cc(OC)cc(OC)c3)nc1-2. The molecule has 9 nitrogen and oxygen atoms in total. The Morgan fingerprint density at radius 1 is 1.13 bits per heavy atom. The first-order valence-corrected chi connectivity index (χ1v) is 13.8. The van der Waals surface area contributed by atoms with Crippen LogP contribution < -0.4 is 20.1 Å². The van der Waals surface area contributed by atoms with E-state index in [1.54, 1.807) is 14.2 Å². The predicted molar refractivity (Wildman–Crippen MR) is 156 cm³/mol. The van der Waals surface area contributed by atoms with E-state index in [4.69, 9.17) is 19.4 Å². The van der Waals surface area contributed by atoms with E-state index in [1.165, 1.54) is 11.8 Å². The summed E-state index contributed by atoms with van der Waals surface area (Å²) in [6.07, 6.45) is 4.39. The highest BCUT2D eigenvalue weighted by Gasteiger charge is 2.25. The molecule has 0 saturated carbocycles. The van der Waals surface area contributed by atoms with Crippen molar-refractivity contribution in [3.63, 3.8) is 0 Å². The number of methoxy groups -OCH3 is 2. The summed E-state index contributed by atoms with van der Waals surface area (Å²) in [6.45, 7) is 4.75. The third kappa shape index (κ3) is 6.01. The number of carbonyl (C=O) groups excluding carboxylic acids is 1. The Kier molecular flexibility index (Phi) is 8.02. The van der Waals surface area contributed by atoms with E-state index in [-0.39, 0.29) is 11.9 Å². The molecule has 3 aliphatic heterocycles. The highest BCUT2D eigenvalue weighted by molar-refractivity contribution is 7.98. The fourth-order valence-electron chi connectivity index (χ4n) is 4.42.